The molecular weight excluding hydrogens is 338 g/mol. The number of rotatable bonds is 5. The minimum absolute atomic E-state index is 0.287. The lowest BCUT2D eigenvalue weighted by atomic mass is 9.97. The quantitative estimate of drug-likeness (QED) is 0.775. The van der Waals surface area contributed by atoms with Crippen molar-refractivity contribution in [1.29, 1.82) is 0 Å². The van der Waals surface area contributed by atoms with Crippen molar-refractivity contribution in [3.05, 3.63) is 71.7 Å². The summed E-state index contributed by atoms with van der Waals surface area (Å²) in [5, 5.41) is 0. The molecule has 1 aromatic carbocycles. The molecule has 0 saturated heterocycles. The van der Waals surface area contributed by atoms with Crippen LogP contribution in [0.25, 0.3) is 5.57 Å². The lowest BCUT2D eigenvalue weighted by Gasteiger charge is -2.20. The smallest absolute Gasteiger partial charge is 0.280 e. The zero-order valence-electron chi connectivity index (χ0n) is 14.4. The van der Waals surface area contributed by atoms with Crippen LogP contribution in [0.15, 0.2) is 59.9 Å². The van der Waals surface area contributed by atoms with E-state index in [-0.39, 0.29) is 5.69 Å². The van der Waals surface area contributed by atoms with Crippen molar-refractivity contribution in [3.8, 4) is 11.5 Å². The fraction of sp³-hybridized carbons (Fsp3) is 0.200. The van der Waals surface area contributed by atoms with Crippen molar-refractivity contribution in [2.45, 2.75) is 19.5 Å². The molecule has 2 aromatic rings. The van der Waals surface area contributed by atoms with Crippen LogP contribution in [-0.4, -0.2) is 24.4 Å². The maximum Gasteiger partial charge on any atom is 0.280 e. The molecule has 0 bridgehead atoms. The molecule has 0 fully saturated rings. The average Bonchev–Trinajstić information content (AvgIpc) is 2.87. The summed E-state index contributed by atoms with van der Waals surface area (Å²) < 4.78 is 36.8. The number of methoxy groups -OCH3 is 1. The fourth-order valence-corrected chi connectivity index (χ4v) is 2.62. The number of benzene rings is 1. The van der Waals surface area contributed by atoms with Gasteiger partial charge in [0.1, 0.15) is 17.2 Å². The Balaban J connectivity index is 1.93. The summed E-state index contributed by atoms with van der Waals surface area (Å²) in [5.41, 5.74) is 2.52. The third-order valence-electron chi connectivity index (χ3n) is 3.89. The summed E-state index contributed by atoms with van der Waals surface area (Å²) in [4.78, 5) is 7.92. The van der Waals surface area contributed by atoms with Crippen LogP contribution in [-0.2, 0) is 0 Å². The Hall–Kier alpha value is -3.02. The Morgan fingerprint density at radius 3 is 2.69 bits per heavy atom. The first kappa shape index (κ1) is 17.8. The normalized spacial score (nSPS) is 16.3. The van der Waals surface area contributed by atoms with E-state index in [1.54, 1.807) is 19.5 Å². The summed E-state index contributed by atoms with van der Waals surface area (Å²) in [6.45, 7) is 1.99. The number of aromatic nitrogens is 1. The van der Waals surface area contributed by atoms with E-state index in [0.717, 1.165) is 16.7 Å². The number of allylic oxidation sites excluding steroid dienone is 2. The molecular formula is C20H18F2N2O2. The van der Waals surface area contributed by atoms with Crippen LogP contribution >= 0.6 is 0 Å². The van der Waals surface area contributed by atoms with Gasteiger partial charge in [-0.05, 0) is 37.3 Å². The fourth-order valence-electron chi connectivity index (χ4n) is 2.62. The van der Waals surface area contributed by atoms with Gasteiger partial charge in [0, 0.05) is 23.6 Å². The Morgan fingerprint density at radius 1 is 1.15 bits per heavy atom. The molecule has 0 saturated carbocycles. The molecule has 0 N–H and O–H groups in total. The molecule has 1 aromatic heterocycles. The summed E-state index contributed by atoms with van der Waals surface area (Å²) >= 11 is 0. The second kappa shape index (κ2) is 7.91. The highest BCUT2D eigenvalue weighted by Gasteiger charge is 2.20. The lowest BCUT2D eigenvalue weighted by Crippen LogP contribution is -2.20. The number of ether oxygens (including phenoxy) is 2. The van der Waals surface area contributed by atoms with E-state index in [1.165, 1.54) is 18.3 Å². The van der Waals surface area contributed by atoms with Crippen molar-refractivity contribution in [3.63, 3.8) is 0 Å². The number of aryl methyl sites for hydroxylation is 1. The third kappa shape index (κ3) is 3.96. The van der Waals surface area contributed by atoms with Gasteiger partial charge in [0.05, 0.1) is 13.3 Å². The Kier molecular flexibility index (Phi) is 5.41. The third-order valence-corrected chi connectivity index (χ3v) is 3.89. The molecule has 134 valence electrons. The number of alkyl halides is 2. The highest BCUT2D eigenvalue weighted by Crippen LogP contribution is 2.32. The maximum atomic E-state index is 12.7. The van der Waals surface area contributed by atoms with E-state index >= 15 is 0 Å². The van der Waals surface area contributed by atoms with Gasteiger partial charge < -0.3 is 9.47 Å². The standard InChI is InChI=1S/C20H18F2N2O2/c1-13-5-8-18(25-2)16(10-13)15-4-3-9-23-12-19(15)26-14-6-7-17(20(21)22)24-11-14/h3-12,19-20H,1-2H3. The van der Waals surface area contributed by atoms with Crippen molar-refractivity contribution in [2.24, 2.45) is 4.99 Å². The van der Waals surface area contributed by atoms with Gasteiger partial charge in [-0.25, -0.2) is 8.78 Å². The van der Waals surface area contributed by atoms with Crippen LogP contribution in [0.4, 0.5) is 8.78 Å². The van der Waals surface area contributed by atoms with Crippen LogP contribution in [0, 0.1) is 6.92 Å². The van der Waals surface area contributed by atoms with Gasteiger partial charge in [-0.1, -0.05) is 17.7 Å². The molecule has 1 aliphatic rings. The monoisotopic (exact) mass is 356 g/mol. The number of hydrogen-bond donors (Lipinski definition) is 0. The van der Waals surface area contributed by atoms with E-state index < -0.39 is 12.5 Å². The number of pyridine rings is 1. The summed E-state index contributed by atoms with van der Waals surface area (Å²) in [6.07, 6.45) is 5.19. The van der Waals surface area contributed by atoms with Crippen LogP contribution in [0.5, 0.6) is 11.5 Å². The molecule has 0 amide bonds. The predicted molar refractivity (Wildman–Crippen MR) is 97.0 cm³/mol. The van der Waals surface area contributed by atoms with Gasteiger partial charge in [-0.3, -0.25) is 9.98 Å². The molecule has 1 atom stereocenters. The molecule has 0 radical (unpaired) electrons. The minimum atomic E-state index is -2.61. The highest BCUT2D eigenvalue weighted by molar-refractivity contribution is 5.89. The number of hydrogen-bond acceptors (Lipinski definition) is 4. The van der Waals surface area contributed by atoms with Crippen LogP contribution in [0.2, 0.25) is 0 Å². The van der Waals surface area contributed by atoms with Gasteiger partial charge >= 0.3 is 0 Å². The van der Waals surface area contributed by atoms with Gasteiger partial charge in [0.25, 0.3) is 6.43 Å². The largest absolute Gasteiger partial charge is 0.496 e. The topological polar surface area (TPSA) is 43.7 Å². The zero-order chi connectivity index (χ0) is 18.5. The molecule has 6 heteroatoms. The van der Waals surface area contributed by atoms with E-state index in [4.69, 9.17) is 9.47 Å². The molecule has 4 nitrogen and oxygen atoms in total. The molecule has 26 heavy (non-hydrogen) atoms. The maximum absolute atomic E-state index is 12.7. The van der Waals surface area contributed by atoms with Gasteiger partial charge in [0.2, 0.25) is 0 Å². The van der Waals surface area contributed by atoms with Crippen molar-refractivity contribution in [2.75, 3.05) is 7.11 Å². The van der Waals surface area contributed by atoms with E-state index in [9.17, 15) is 8.78 Å². The van der Waals surface area contributed by atoms with Crippen molar-refractivity contribution < 1.29 is 18.3 Å². The van der Waals surface area contributed by atoms with E-state index in [0.29, 0.717) is 11.5 Å². The Bertz CT molecular complexity index is 859. The first-order valence-electron chi connectivity index (χ1n) is 8.04. The van der Waals surface area contributed by atoms with Crippen LogP contribution in [0.3, 0.4) is 0 Å². The highest BCUT2D eigenvalue weighted by atomic mass is 19.3. The molecule has 1 aliphatic heterocycles. The summed E-state index contributed by atoms with van der Waals surface area (Å²) in [6, 6.07) is 8.60. The molecule has 3 rings (SSSR count). The van der Waals surface area contributed by atoms with Crippen LogP contribution < -0.4 is 9.47 Å². The second-order valence-electron chi connectivity index (χ2n) is 5.72. The van der Waals surface area contributed by atoms with Crippen molar-refractivity contribution >= 4 is 11.8 Å². The average molecular weight is 356 g/mol. The molecule has 0 aliphatic carbocycles. The van der Waals surface area contributed by atoms with Gasteiger partial charge in [-0.2, -0.15) is 0 Å². The zero-order valence-corrected chi connectivity index (χ0v) is 14.4. The van der Waals surface area contributed by atoms with E-state index in [1.807, 2.05) is 37.3 Å². The SMILES string of the molecule is COc1ccc(C)cc1C1=CC=CN=CC1Oc1ccc(C(F)F)nc1. The first-order valence-corrected chi connectivity index (χ1v) is 8.04. The van der Waals surface area contributed by atoms with Crippen LogP contribution in [0.1, 0.15) is 23.2 Å². The summed E-state index contributed by atoms with van der Waals surface area (Å²) in [5.74, 6) is 1.09. The van der Waals surface area contributed by atoms with Crippen molar-refractivity contribution in [1.82, 2.24) is 4.98 Å². The second-order valence-corrected chi connectivity index (χ2v) is 5.72. The number of aliphatic imine (C=N–C) groups is 1. The van der Waals surface area contributed by atoms with E-state index in [2.05, 4.69) is 9.98 Å². The summed E-state index contributed by atoms with van der Waals surface area (Å²) in [7, 11) is 1.61. The molecule has 2 heterocycles. The molecule has 1 unspecified atom stereocenters. The predicted octanol–water partition coefficient (Wildman–Crippen LogP) is 4.77. The molecule has 0 spiro atoms. The lowest BCUT2D eigenvalue weighted by molar-refractivity contribution is 0.146. The number of nitrogens with zero attached hydrogens (tertiary/aromatic N) is 2. The number of halogens is 2. The Morgan fingerprint density at radius 2 is 2.00 bits per heavy atom. The van der Waals surface area contributed by atoms with Gasteiger partial charge in [-0.15, -0.1) is 0 Å². The minimum Gasteiger partial charge on any atom is -0.496 e. The Labute approximate surface area is 150 Å². The van der Waals surface area contributed by atoms with Gasteiger partial charge in [0.15, 0.2) is 6.10 Å². The first-order chi connectivity index (χ1) is 12.6.